The smallest absolute Gasteiger partial charge is 0.140 e. The summed E-state index contributed by atoms with van der Waals surface area (Å²) in [5.74, 6) is 0.975. The molecule has 1 heterocycles. The van der Waals surface area contributed by atoms with E-state index >= 15 is 0 Å². The minimum atomic E-state index is 0.937. The second-order valence-electron chi connectivity index (χ2n) is 4.80. The molecule has 1 aromatic heterocycles. The van der Waals surface area contributed by atoms with Gasteiger partial charge in [-0.05, 0) is 30.6 Å². The van der Waals surface area contributed by atoms with Crippen LogP contribution in [0.4, 0.5) is 5.82 Å². The number of rotatable bonds is 6. The average molecular weight is 255 g/mol. The van der Waals surface area contributed by atoms with Crippen LogP contribution < -0.4 is 10.8 Å². The number of hydrogen-bond acceptors (Lipinski definition) is 3. The number of fused-ring (bicyclic) bond motifs is 1. The van der Waals surface area contributed by atoms with Crippen molar-refractivity contribution >= 4 is 30.0 Å². The zero-order chi connectivity index (χ0) is 13.7. The topological polar surface area (TPSA) is 28.2 Å². The number of nitrogens with one attached hydrogen (secondary N) is 1. The van der Waals surface area contributed by atoms with Gasteiger partial charge in [0.1, 0.15) is 13.7 Å². The molecule has 0 amide bonds. The molecule has 0 radical (unpaired) electrons. The first-order valence-electron chi connectivity index (χ1n) is 7.07. The van der Waals surface area contributed by atoms with Crippen molar-refractivity contribution in [1.29, 1.82) is 0 Å². The summed E-state index contributed by atoms with van der Waals surface area (Å²) in [5.41, 5.74) is 2.34. The maximum Gasteiger partial charge on any atom is 0.140 e. The van der Waals surface area contributed by atoms with Gasteiger partial charge in [0, 0.05) is 13.1 Å². The Bertz CT molecular complexity index is 538. The van der Waals surface area contributed by atoms with Gasteiger partial charge in [-0.25, -0.2) is 4.98 Å². The largest absolute Gasteiger partial charge is 0.369 e. The van der Waals surface area contributed by atoms with E-state index in [1.807, 2.05) is 6.07 Å². The second-order valence-corrected chi connectivity index (χ2v) is 4.80. The molecule has 0 saturated carbocycles. The minimum Gasteiger partial charge on any atom is -0.369 e. The molecule has 0 aliphatic heterocycles. The molecule has 2 rings (SSSR count). The molecule has 0 atom stereocenters. The third-order valence-corrected chi connectivity index (χ3v) is 3.55. The Kier molecular flexibility index (Phi) is 4.80. The number of likely N-dealkylation sites (N-methyl/N-ethyl adjacent to an activating group) is 1. The van der Waals surface area contributed by atoms with Crippen LogP contribution in [-0.2, 0) is 0 Å². The number of aromatic nitrogens is 1. The van der Waals surface area contributed by atoms with Gasteiger partial charge in [0.25, 0.3) is 0 Å². The molecule has 0 bridgehead atoms. The molecule has 4 heteroatoms. The Morgan fingerprint density at radius 2 is 1.95 bits per heavy atom. The van der Waals surface area contributed by atoms with Gasteiger partial charge in [-0.2, -0.15) is 0 Å². The summed E-state index contributed by atoms with van der Waals surface area (Å²) in [7, 11) is 2.14. The Morgan fingerprint density at radius 3 is 2.68 bits per heavy atom. The molecule has 0 saturated heterocycles. The molecule has 100 valence electrons. The van der Waals surface area contributed by atoms with Gasteiger partial charge in [0.15, 0.2) is 0 Å². The summed E-state index contributed by atoms with van der Waals surface area (Å²) in [6.07, 6.45) is 0. The van der Waals surface area contributed by atoms with E-state index in [2.05, 4.69) is 61.2 Å². The summed E-state index contributed by atoms with van der Waals surface area (Å²) in [4.78, 5) is 7.06. The minimum absolute atomic E-state index is 0.937. The number of nitrogens with zero attached hydrogens (tertiary/aromatic N) is 2. The van der Waals surface area contributed by atoms with E-state index in [0.29, 0.717) is 0 Å². The molecule has 0 spiro atoms. The van der Waals surface area contributed by atoms with Gasteiger partial charge < -0.3 is 10.2 Å². The normalized spacial score (nSPS) is 11.1. The first-order valence-corrected chi connectivity index (χ1v) is 7.07. The Balaban J connectivity index is 2.05. The summed E-state index contributed by atoms with van der Waals surface area (Å²) in [5, 5.41) is 4.66. The van der Waals surface area contributed by atoms with Crippen LogP contribution in [0.5, 0.6) is 0 Å². The van der Waals surface area contributed by atoms with Gasteiger partial charge in [-0.1, -0.05) is 37.5 Å². The number of para-hydroxylation sites is 1. The quantitative estimate of drug-likeness (QED) is 0.787. The maximum atomic E-state index is 4.65. The van der Waals surface area contributed by atoms with Crippen LogP contribution in [-0.4, -0.2) is 43.9 Å². The lowest BCUT2D eigenvalue weighted by molar-refractivity contribution is 0.316. The second kappa shape index (κ2) is 6.57. The number of pyridine rings is 1. The van der Waals surface area contributed by atoms with Crippen LogP contribution in [0, 0.1) is 0 Å². The molecule has 0 fully saturated rings. The molecule has 19 heavy (non-hydrogen) atoms. The Morgan fingerprint density at radius 1 is 1.21 bits per heavy atom. The summed E-state index contributed by atoms with van der Waals surface area (Å²) in [6.45, 7) is 8.58. The number of hydrogen-bond donors (Lipinski definition) is 1. The third-order valence-electron chi connectivity index (χ3n) is 3.55. The molecular formula is C15H22BN3. The van der Waals surface area contributed by atoms with E-state index in [9.17, 15) is 0 Å². The fourth-order valence-corrected chi connectivity index (χ4v) is 2.32. The van der Waals surface area contributed by atoms with Crippen LogP contribution >= 0.6 is 0 Å². The number of benzene rings is 1. The van der Waals surface area contributed by atoms with E-state index < -0.39 is 0 Å². The van der Waals surface area contributed by atoms with Crippen molar-refractivity contribution in [3.8, 4) is 0 Å². The number of anilines is 1. The average Bonchev–Trinajstić information content (AvgIpc) is 2.44. The van der Waals surface area contributed by atoms with Crippen molar-refractivity contribution in [3.63, 3.8) is 0 Å². The fraction of sp³-hybridized carbons (Fsp3) is 0.400. The highest BCUT2D eigenvalue weighted by Crippen LogP contribution is 2.11. The maximum absolute atomic E-state index is 4.65. The molecule has 3 nitrogen and oxygen atoms in total. The standard InChI is InChI=1S/C15H22BN3/c1-3-19(4-2)10-9-17-15-11-13(16)12-7-5-6-8-14(12)18-15/h5-8,11H,3-4,9-10,16H2,1-2H3,(H,17,18). The van der Waals surface area contributed by atoms with Crippen LogP contribution in [0.3, 0.4) is 0 Å². The van der Waals surface area contributed by atoms with Crippen molar-refractivity contribution in [2.75, 3.05) is 31.5 Å². The van der Waals surface area contributed by atoms with Crippen molar-refractivity contribution in [3.05, 3.63) is 30.3 Å². The third kappa shape index (κ3) is 3.47. The van der Waals surface area contributed by atoms with E-state index in [1.54, 1.807) is 0 Å². The SMILES string of the molecule is Bc1cc(NCCN(CC)CC)nc2ccccc12. The lowest BCUT2D eigenvalue weighted by atomic mass is 9.92. The first-order chi connectivity index (χ1) is 9.24. The highest BCUT2D eigenvalue weighted by molar-refractivity contribution is 6.38. The van der Waals surface area contributed by atoms with Gasteiger partial charge >= 0.3 is 0 Å². The molecule has 0 unspecified atom stereocenters. The molecule has 1 N–H and O–H groups in total. The summed E-state index contributed by atoms with van der Waals surface area (Å²) >= 11 is 0. The van der Waals surface area contributed by atoms with Gasteiger partial charge in [0.05, 0.1) is 5.52 Å². The van der Waals surface area contributed by atoms with Gasteiger partial charge in [0.2, 0.25) is 0 Å². The van der Waals surface area contributed by atoms with E-state index in [0.717, 1.165) is 37.5 Å². The zero-order valence-electron chi connectivity index (χ0n) is 12.1. The molecule has 1 aromatic carbocycles. The first kappa shape index (κ1) is 13.9. The van der Waals surface area contributed by atoms with Crippen LogP contribution in [0.25, 0.3) is 10.9 Å². The Labute approximate surface area is 116 Å². The predicted octanol–water partition coefficient (Wildman–Crippen LogP) is 1.25. The zero-order valence-corrected chi connectivity index (χ0v) is 12.1. The van der Waals surface area contributed by atoms with E-state index in [4.69, 9.17) is 0 Å². The van der Waals surface area contributed by atoms with Gasteiger partial charge in [-0.15, -0.1) is 0 Å². The molecular weight excluding hydrogens is 233 g/mol. The van der Waals surface area contributed by atoms with Gasteiger partial charge in [-0.3, -0.25) is 0 Å². The van der Waals surface area contributed by atoms with Crippen molar-refractivity contribution < 1.29 is 0 Å². The molecule has 0 aliphatic carbocycles. The lowest BCUT2D eigenvalue weighted by Gasteiger charge is -2.18. The van der Waals surface area contributed by atoms with E-state index in [-0.39, 0.29) is 0 Å². The van der Waals surface area contributed by atoms with E-state index in [1.165, 1.54) is 10.8 Å². The van der Waals surface area contributed by atoms with Crippen LogP contribution in [0.2, 0.25) is 0 Å². The summed E-state index contributed by atoms with van der Waals surface area (Å²) < 4.78 is 0. The van der Waals surface area contributed by atoms with Crippen molar-refractivity contribution in [2.24, 2.45) is 0 Å². The highest BCUT2D eigenvalue weighted by atomic mass is 15.1. The lowest BCUT2D eigenvalue weighted by Crippen LogP contribution is -2.29. The van der Waals surface area contributed by atoms with Crippen molar-refractivity contribution in [2.45, 2.75) is 13.8 Å². The summed E-state index contributed by atoms with van der Waals surface area (Å²) in [6, 6.07) is 10.4. The fourth-order valence-electron chi connectivity index (χ4n) is 2.32. The van der Waals surface area contributed by atoms with Crippen LogP contribution in [0.15, 0.2) is 30.3 Å². The predicted molar refractivity (Wildman–Crippen MR) is 86.2 cm³/mol. The highest BCUT2D eigenvalue weighted by Gasteiger charge is 2.02. The monoisotopic (exact) mass is 255 g/mol. The molecule has 2 aromatic rings. The van der Waals surface area contributed by atoms with Crippen molar-refractivity contribution in [1.82, 2.24) is 9.88 Å². The Hall–Kier alpha value is -1.55. The molecule has 0 aliphatic rings. The van der Waals surface area contributed by atoms with Crippen LogP contribution in [0.1, 0.15) is 13.8 Å².